The smallest absolute Gasteiger partial charge is 0.343 e. The molecule has 0 aromatic heterocycles. The Labute approximate surface area is 204 Å². The third-order valence-corrected chi connectivity index (χ3v) is 5.02. The first-order valence-electron chi connectivity index (χ1n) is 9.57. The normalized spacial score (nSPS) is 10.7. The zero-order valence-electron chi connectivity index (χ0n) is 18.2. The first kappa shape index (κ1) is 24.8. The monoisotopic (exact) mass is 504 g/mol. The van der Waals surface area contributed by atoms with Crippen molar-refractivity contribution in [3.05, 3.63) is 79.8 Å². The number of nitro groups is 1. The van der Waals surface area contributed by atoms with Crippen LogP contribution in [-0.2, 0) is 0 Å². The van der Waals surface area contributed by atoms with Gasteiger partial charge in [0.2, 0.25) is 5.75 Å². The van der Waals surface area contributed by atoms with E-state index in [0.29, 0.717) is 11.4 Å². The lowest BCUT2D eigenvalue weighted by Crippen LogP contribution is -2.11. The molecule has 0 aliphatic rings. The number of nitro benzene ring substituents is 1. The quantitative estimate of drug-likeness (QED) is 0.123. The van der Waals surface area contributed by atoms with Crippen molar-refractivity contribution in [3.63, 3.8) is 0 Å². The van der Waals surface area contributed by atoms with Crippen LogP contribution < -0.4 is 18.9 Å². The Morgan fingerprint density at radius 1 is 0.971 bits per heavy atom. The number of methoxy groups -OCH3 is 3. The van der Waals surface area contributed by atoms with Gasteiger partial charge in [-0.15, -0.1) is 0 Å². The van der Waals surface area contributed by atoms with Crippen LogP contribution in [0.4, 0.5) is 11.4 Å². The first-order valence-corrected chi connectivity index (χ1v) is 10.3. The Balaban J connectivity index is 1.98. The van der Waals surface area contributed by atoms with Crippen molar-refractivity contribution >= 4 is 46.8 Å². The van der Waals surface area contributed by atoms with Gasteiger partial charge in [0.15, 0.2) is 17.2 Å². The predicted octanol–water partition coefficient (Wildman–Crippen LogP) is 5.90. The number of ether oxygens (including phenoxy) is 4. The topological polar surface area (TPSA) is 109 Å². The number of nitrogens with zero attached hydrogens (tertiary/aromatic N) is 2. The van der Waals surface area contributed by atoms with Gasteiger partial charge in [0.1, 0.15) is 0 Å². The average Bonchev–Trinajstić information content (AvgIpc) is 2.83. The minimum atomic E-state index is -0.756. The maximum absolute atomic E-state index is 12.9. The highest BCUT2D eigenvalue weighted by atomic mass is 35.5. The zero-order valence-corrected chi connectivity index (χ0v) is 19.7. The van der Waals surface area contributed by atoms with E-state index < -0.39 is 10.9 Å². The van der Waals surface area contributed by atoms with E-state index in [9.17, 15) is 14.9 Å². The van der Waals surface area contributed by atoms with E-state index in [1.165, 1.54) is 70.0 Å². The summed E-state index contributed by atoms with van der Waals surface area (Å²) in [6.45, 7) is 0. The summed E-state index contributed by atoms with van der Waals surface area (Å²) >= 11 is 12.4. The zero-order chi connectivity index (χ0) is 24.8. The molecule has 0 N–H and O–H groups in total. The van der Waals surface area contributed by atoms with Gasteiger partial charge in [-0.25, -0.2) is 4.79 Å². The minimum absolute atomic E-state index is 0.000927. The Morgan fingerprint density at radius 3 is 2.24 bits per heavy atom. The second-order valence-electron chi connectivity index (χ2n) is 6.64. The number of carbonyl (C=O) groups excluding carboxylic acids is 1. The van der Waals surface area contributed by atoms with E-state index in [1.54, 1.807) is 6.07 Å². The summed E-state index contributed by atoms with van der Waals surface area (Å²) in [4.78, 5) is 27.6. The van der Waals surface area contributed by atoms with Crippen molar-refractivity contribution in [2.45, 2.75) is 0 Å². The molecular weight excluding hydrogens is 487 g/mol. The van der Waals surface area contributed by atoms with Gasteiger partial charge in [0.25, 0.3) is 5.69 Å². The van der Waals surface area contributed by atoms with Crippen molar-refractivity contribution in [2.24, 2.45) is 4.99 Å². The summed E-state index contributed by atoms with van der Waals surface area (Å²) in [5, 5.41) is 11.3. The van der Waals surface area contributed by atoms with Crippen LogP contribution in [0.1, 0.15) is 15.9 Å². The number of rotatable bonds is 8. The molecule has 0 atom stereocenters. The number of benzene rings is 3. The molecule has 0 amide bonds. The molecule has 3 rings (SSSR count). The van der Waals surface area contributed by atoms with E-state index in [1.807, 2.05) is 0 Å². The van der Waals surface area contributed by atoms with Gasteiger partial charge in [0, 0.05) is 28.9 Å². The lowest BCUT2D eigenvalue weighted by molar-refractivity contribution is -0.384. The van der Waals surface area contributed by atoms with Gasteiger partial charge in [-0.3, -0.25) is 15.1 Å². The molecule has 0 heterocycles. The molecule has 0 radical (unpaired) electrons. The molecule has 3 aromatic rings. The Kier molecular flexibility index (Phi) is 7.93. The second-order valence-corrected chi connectivity index (χ2v) is 7.49. The Morgan fingerprint density at radius 2 is 1.65 bits per heavy atom. The molecular formula is C23H18Cl2N2O7. The van der Waals surface area contributed by atoms with Crippen LogP contribution in [0.25, 0.3) is 0 Å². The molecule has 34 heavy (non-hydrogen) atoms. The molecule has 0 aliphatic carbocycles. The van der Waals surface area contributed by atoms with Crippen LogP contribution in [0.3, 0.4) is 0 Å². The van der Waals surface area contributed by atoms with Crippen molar-refractivity contribution in [3.8, 4) is 23.0 Å². The van der Waals surface area contributed by atoms with Crippen LogP contribution in [0.15, 0.2) is 53.5 Å². The Hall–Kier alpha value is -3.82. The van der Waals surface area contributed by atoms with Crippen LogP contribution in [0.5, 0.6) is 23.0 Å². The van der Waals surface area contributed by atoms with Crippen LogP contribution >= 0.6 is 23.2 Å². The molecule has 0 bridgehead atoms. The van der Waals surface area contributed by atoms with E-state index >= 15 is 0 Å². The average molecular weight is 505 g/mol. The molecule has 0 aliphatic heterocycles. The highest BCUT2D eigenvalue weighted by Crippen LogP contribution is 2.39. The van der Waals surface area contributed by atoms with Gasteiger partial charge in [-0.05, 0) is 30.3 Å². The molecule has 9 nitrogen and oxygen atoms in total. The fourth-order valence-corrected chi connectivity index (χ4v) is 3.51. The van der Waals surface area contributed by atoms with Gasteiger partial charge < -0.3 is 18.9 Å². The van der Waals surface area contributed by atoms with Gasteiger partial charge in [-0.2, -0.15) is 0 Å². The minimum Gasteiger partial charge on any atom is -0.493 e. The highest BCUT2D eigenvalue weighted by molar-refractivity contribution is 6.36. The van der Waals surface area contributed by atoms with E-state index in [4.69, 9.17) is 42.1 Å². The summed E-state index contributed by atoms with van der Waals surface area (Å²) < 4.78 is 21.4. The van der Waals surface area contributed by atoms with Crippen LogP contribution in [0, 0.1) is 10.1 Å². The van der Waals surface area contributed by atoms with Gasteiger partial charge >= 0.3 is 5.97 Å². The number of hydrogen-bond acceptors (Lipinski definition) is 8. The number of non-ortho nitro benzene ring substituents is 1. The van der Waals surface area contributed by atoms with Crippen molar-refractivity contribution < 1.29 is 28.7 Å². The highest BCUT2D eigenvalue weighted by Gasteiger charge is 2.21. The van der Waals surface area contributed by atoms with Crippen LogP contribution in [0.2, 0.25) is 10.0 Å². The summed E-state index contributed by atoms with van der Waals surface area (Å²) in [7, 11) is 4.29. The van der Waals surface area contributed by atoms with E-state index in [2.05, 4.69) is 4.99 Å². The number of hydrogen-bond donors (Lipinski definition) is 0. The van der Waals surface area contributed by atoms with Crippen LogP contribution in [-0.4, -0.2) is 38.4 Å². The maximum Gasteiger partial charge on any atom is 0.343 e. The van der Waals surface area contributed by atoms with Gasteiger partial charge in [0.05, 0.1) is 42.5 Å². The Bertz CT molecular complexity index is 1250. The summed E-state index contributed by atoms with van der Waals surface area (Å²) in [6.07, 6.45) is 1.34. The third-order valence-electron chi connectivity index (χ3n) is 4.53. The maximum atomic E-state index is 12.9. The fraction of sp³-hybridized carbons (Fsp3) is 0.130. The summed E-state index contributed by atoms with van der Waals surface area (Å²) in [6, 6.07) is 11.5. The number of esters is 1. The molecule has 3 aromatic carbocycles. The largest absolute Gasteiger partial charge is 0.493 e. The lowest BCUT2D eigenvalue weighted by Gasteiger charge is -2.14. The number of carbonyl (C=O) groups is 1. The van der Waals surface area contributed by atoms with Gasteiger partial charge in [-0.1, -0.05) is 29.3 Å². The molecule has 0 fully saturated rings. The number of aliphatic imine (C=N–C) groups is 1. The molecule has 0 saturated heterocycles. The third kappa shape index (κ3) is 5.56. The molecule has 176 valence electrons. The first-order chi connectivity index (χ1) is 16.3. The van der Waals surface area contributed by atoms with Crippen molar-refractivity contribution in [1.82, 2.24) is 0 Å². The summed E-state index contributed by atoms with van der Waals surface area (Å²) in [5.74, 6) is 0.0928. The molecule has 0 spiro atoms. The lowest BCUT2D eigenvalue weighted by atomic mass is 10.1. The molecule has 0 unspecified atom stereocenters. The summed E-state index contributed by atoms with van der Waals surface area (Å²) in [5.41, 5.74) is 0.590. The van der Waals surface area contributed by atoms with E-state index in [-0.39, 0.29) is 44.1 Å². The predicted molar refractivity (Wildman–Crippen MR) is 128 cm³/mol. The standard InChI is InChI=1S/C23H18Cl2N2O7/c1-31-19-8-13(9-20(32-2)22(19)33-3)23(28)34-21-14(7-15(24)10-18(21)25)12-26-16-5-4-6-17(11-16)27(29)30/h4-12H,1-3H3. The fourth-order valence-electron chi connectivity index (χ4n) is 2.97. The molecule has 0 saturated carbocycles. The second kappa shape index (κ2) is 10.9. The molecule has 11 heteroatoms. The van der Waals surface area contributed by atoms with E-state index in [0.717, 1.165) is 0 Å². The number of halogens is 2. The van der Waals surface area contributed by atoms with Crippen molar-refractivity contribution in [1.29, 1.82) is 0 Å². The SMILES string of the molecule is COc1cc(C(=O)Oc2c(Cl)cc(Cl)cc2C=Nc2cccc([N+](=O)[O-])c2)cc(OC)c1OC. The van der Waals surface area contributed by atoms with Crippen molar-refractivity contribution in [2.75, 3.05) is 21.3 Å².